The van der Waals surface area contributed by atoms with Gasteiger partial charge in [0.25, 0.3) is 0 Å². The lowest BCUT2D eigenvalue weighted by molar-refractivity contribution is 0.665. The highest BCUT2D eigenvalue weighted by atomic mass is 15.2. The fraction of sp³-hybridized carbons (Fsp3) is 0.267. The Labute approximate surface area is 107 Å². The highest BCUT2D eigenvalue weighted by Gasteiger charge is 2.25. The van der Waals surface area contributed by atoms with E-state index in [9.17, 15) is 0 Å². The number of nitrogens with two attached hydrogens (primary N) is 1. The van der Waals surface area contributed by atoms with Crippen LogP contribution in [-0.2, 0) is 13.0 Å². The van der Waals surface area contributed by atoms with Crippen LogP contribution < -0.4 is 10.6 Å². The van der Waals surface area contributed by atoms with Crippen molar-refractivity contribution in [3.05, 3.63) is 53.9 Å². The highest BCUT2D eigenvalue weighted by Crippen LogP contribution is 2.32. The summed E-state index contributed by atoms with van der Waals surface area (Å²) in [5.74, 6) is 0. The summed E-state index contributed by atoms with van der Waals surface area (Å²) in [6.45, 7) is 3.08. The first kappa shape index (κ1) is 11.1. The Morgan fingerprint density at radius 3 is 3.00 bits per heavy atom. The largest absolute Gasteiger partial charge is 0.399 e. The summed E-state index contributed by atoms with van der Waals surface area (Å²) in [5, 5.41) is 0. The molecule has 1 aromatic carbocycles. The summed E-state index contributed by atoms with van der Waals surface area (Å²) >= 11 is 0. The zero-order valence-electron chi connectivity index (χ0n) is 10.5. The van der Waals surface area contributed by atoms with E-state index in [0.29, 0.717) is 6.04 Å². The maximum absolute atomic E-state index is 5.80. The third-order valence-corrected chi connectivity index (χ3v) is 3.52. The van der Waals surface area contributed by atoms with E-state index in [1.807, 2.05) is 12.1 Å². The lowest BCUT2D eigenvalue weighted by Gasteiger charge is -2.24. The summed E-state index contributed by atoms with van der Waals surface area (Å²) in [7, 11) is 0. The molecule has 0 bridgehead atoms. The molecule has 2 aromatic rings. The molecule has 3 rings (SSSR count). The van der Waals surface area contributed by atoms with Crippen molar-refractivity contribution in [3.8, 4) is 0 Å². The molecular formula is C15H17N3. The van der Waals surface area contributed by atoms with Crippen molar-refractivity contribution in [2.24, 2.45) is 0 Å². The lowest BCUT2D eigenvalue weighted by atomic mass is 10.1. The van der Waals surface area contributed by atoms with Crippen molar-refractivity contribution in [1.29, 1.82) is 0 Å². The summed E-state index contributed by atoms with van der Waals surface area (Å²) in [5.41, 5.74) is 10.4. The molecular weight excluding hydrogens is 222 g/mol. The van der Waals surface area contributed by atoms with Crippen LogP contribution in [0.2, 0.25) is 0 Å². The van der Waals surface area contributed by atoms with E-state index in [0.717, 1.165) is 24.3 Å². The molecule has 0 spiro atoms. The number of pyridine rings is 1. The van der Waals surface area contributed by atoms with E-state index in [-0.39, 0.29) is 0 Å². The number of hydrogen-bond acceptors (Lipinski definition) is 3. The quantitative estimate of drug-likeness (QED) is 0.876. The molecule has 1 aliphatic rings. The molecule has 0 aliphatic carbocycles. The second kappa shape index (κ2) is 4.33. The van der Waals surface area contributed by atoms with Crippen LogP contribution >= 0.6 is 0 Å². The fourth-order valence-corrected chi connectivity index (χ4v) is 2.63. The van der Waals surface area contributed by atoms with Gasteiger partial charge in [0.2, 0.25) is 0 Å². The normalized spacial score (nSPS) is 17.8. The molecule has 0 amide bonds. The van der Waals surface area contributed by atoms with Crippen LogP contribution in [0, 0.1) is 0 Å². The number of aromatic nitrogens is 1. The molecule has 2 N–H and O–H groups in total. The predicted octanol–water partition coefficient (Wildman–Crippen LogP) is 2.62. The number of hydrogen-bond donors (Lipinski definition) is 1. The number of anilines is 2. The zero-order valence-corrected chi connectivity index (χ0v) is 10.5. The first-order valence-corrected chi connectivity index (χ1v) is 6.29. The van der Waals surface area contributed by atoms with Crippen molar-refractivity contribution >= 4 is 11.4 Å². The average molecular weight is 239 g/mol. The van der Waals surface area contributed by atoms with Crippen LogP contribution in [0.3, 0.4) is 0 Å². The lowest BCUT2D eigenvalue weighted by Crippen LogP contribution is -2.29. The summed E-state index contributed by atoms with van der Waals surface area (Å²) in [6.07, 6.45) is 2.88. The average Bonchev–Trinajstić information content (AvgIpc) is 2.66. The van der Waals surface area contributed by atoms with Gasteiger partial charge in [-0.1, -0.05) is 18.2 Å². The molecule has 1 aliphatic heterocycles. The van der Waals surface area contributed by atoms with Gasteiger partial charge in [0.05, 0.1) is 12.2 Å². The second-order valence-electron chi connectivity index (χ2n) is 4.89. The van der Waals surface area contributed by atoms with Gasteiger partial charge in [-0.15, -0.1) is 0 Å². The molecule has 0 fully saturated rings. The molecule has 0 saturated carbocycles. The van der Waals surface area contributed by atoms with Crippen molar-refractivity contribution in [2.75, 3.05) is 10.6 Å². The van der Waals surface area contributed by atoms with Crippen LogP contribution in [0.15, 0.2) is 42.6 Å². The molecule has 3 heteroatoms. The van der Waals surface area contributed by atoms with Crippen LogP contribution in [-0.4, -0.2) is 11.0 Å². The fourth-order valence-electron chi connectivity index (χ4n) is 2.63. The van der Waals surface area contributed by atoms with E-state index >= 15 is 0 Å². The van der Waals surface area contributed by atoms with E-state index < -0.39 is 0 Å². The van der Waals surface area contributed by atoms with Crippen LogP contribution in [0.4, 0.5) is 11.4 Å². The van der Waals surface area contributed by atoms with E-state index in [1.165, 1.54) is 11.3 Å². The van der Waals surface area contributed by atoms with E-state index in [4.69, 9.17) is 5.73 Å². The number of nitrogen functional groups attached to an aromatic ring is 1. The number of nitrogens with zero attached hydrogens (tertiary/aromatic N) is 2. The Morgan fingerprint density at radius 1 is 1.33 bits per heavy atom. The minimum absolute atomic E-state index is 0.519. The number of rotatable bonds is 2. The van der Waals surface area contributed by atoms with Gasteiger partial charge in [-0.25, -0.2) is 0 Å². The Morgan fingerprint density at radius 2 is 2.17 bits per heavy atom. The second-order valence-corrected chi connectivity index (χ2v) is 4.89. The van der Waals surface area contributed by atoms with Gasteiger partial charge in [-0.2, -0.15) is 0 Å². The minimum atomic E-state index is 0.519. The summed E-state index contributed by atoms with van der Waals surface area (Å²) < 4.78 is 0. The molecule has 1 aromatic heterocycles. The van der Waals surface area contributed by atoms with Gasteiger partial charge >= 0.3 is 0 Å². The van der Waals surface area contributed by atoms with Crippen molar-refractivity contribution in [3.63, 3.8) is 0 Å². The summed E-state index contributed by atoms with van der Waals surface area (Å²) in [4.78, 5) is 6.79. The van der Waals surface area contributed by atoms with Gasteiger partial charge in [-0.05, 0) is 37.1 Å². The van der Waals surface area contributed by atoms with Gasteiger partial charge in [0.1, 0.15) is 0 Å². The van der Waals surface area contributed by atoms with E-state index in [1.54, 1.807) is 6.20 Å². The monoisotopic (exact) mass is 239 g/mol. The third-order valence-electron chi connectivity index (χ3n) is 3.52. The van der Waals surface area contributed by atoms with Crippen LogP contribution in [0.5, 0.6) is 0 Å². The van der Waals surface area contributed by atoms with Crippen molar-refractivity contribution in [2.45, 2.75) is 25.9 Å². The molecule has 3 nitrogen and oxygen atoms in total. The molecule has 92 valence electrons. The molecule has 1 atom stereocenters. The molecule has 18 heavy (non-hydrogen) atoms. The Balaban J connectivity index is 1.89. The highest BCUT2D eigenvalue weighted by molar-refractivity contribution is 5.59. The Bertz CT molecular complexity index is 565. The Hall–Kier alpha value is -2.03. The predicted molar refractivity (Wildman–Crippen MR) is 74.4 cm³/mol. The van der Waals surface area contributed by atoms with Gasteiger partial charge < -0.3 is 10.6 Å². The number of benzene rings is 1. The van der Waals surface area contributed by atoms with Crippen molar-refractivity contribution < 1.29 is 0 Å². The topological polar surface area (TPSA) is 42.1 Å². The zero-order chi connectivity index (χ0) is 12.5. The van der Waals surface area contributed by atoms with Gasteiger partial charge in [-0.3, -0.25) is 4.98 Å². The molecule has 2 heterocycles. The first-order valence-electron chi connectivity index (χ1n) is 6.29. The molecule has 0 radical (unpaired) electrons. The van der Waals surface area contributed by atoms with Crippen LogP contribution in [0.1, 0.15) is 18.2 Å². The van der Waals surface area contributed by atoms with Gasteiger partial charge in [0, 0.05) is 23.6 Å². The number of fused-ring (bicyclic) bond motifs is 1. The Kier molecular flexibility index (Phi) is 2.67. The van der Waals surface area contributed by atoms with Gasteiger partial charge in [0.15, 0.2) is 0 Å². The van der Waals surface area contributed by atoms with E-state index in [2.05, 4.69) is 41.1 Å². The van der Waals surface area contributed by atoms with Crippen LogP contribution in [0.25, 0.3) is 0 Å². The maximum Gasteiger partial charge on any atom is 0.0617 e. The molecule has 0 saturated heterocycles. The maximum atomic E-state index is 5.80. The standard InChI is InChI=1S/C15H17N3/c1-11-8-12-4-2-3-5-15(12)18(11)10-14-9-13(16)6-7-17-14/h2-7,9,11H,8,10H2,1H3,(H2,16,17). The third kappa shape index (κ3) is 1.92. The van der Waals surface area contributed by atoms with Crippen molar-refractivity contribution in [1.82, 2.24) is 4.98 Å². The molecule has 1 unspecified atom stereocenters. The smallest absolute Gasteiger partial charge is 0.0617 e. The SMILES string of the molecule is CC1Cc2ccccc2N1Cc1cc(N)ccn1. The first-order chi connectivity index (χ1) is 8.74. The number of para-hydroxylation sites is 1. The summed E-state index contributed by atoms with van der Waals surface area (Å²) in [6, 6.07) is 12.9. The minimum Gasteiger partial charge on any atom is -0.399 e.